The zero-order valence-electron chi connectivity index (χ0n) is 14.3. The second-order valence-corrected chi connectivity index (χ2v) is 6.45. The standard InChI is InChI=1S/C19H18ClN3O2/c1-11-22-18(13-6-14(20)10-21-9-13)19-15-8-17(25-3)16(24-2)7-12(15)4-5-23(11)19/h6-10H,4-5H2,1-3H3. The average Bonchev–Trinajstić information content (AvgIpc) is 2.97. The third kappa shape index (κ3) is 2.55. The SMILES string of the molecule is COc1cc2c(cc1OC)-c1c(-c3cncc(Cl)c3)nc(C)n1CC2. The molecule has 6 heteroatoms. The Morgan fingerprint density at radius 1 is 1.08 bits per heavy atom. The van der Waals surface area contributed by atoms with Crippen LogP contribution < -0.4 is 9.47 Å². The molecule has 0 spiro atoms. The summed E-state index contributed by atoms with van der Waals surface area (Å²) in [4.78, 5) is 9.00. The number of aromatic nitrogens is 3. The molecule has 5 nitrogen and oxygen atoms in total. The summed E-state index contributed by atoms with van der Waals surface area (Å²) in [5.74, 6) is 2.44. The van der Waals surface area contributed by atoms with Gasteiger partial charge in [0.2, 0.25) is 0 Å². The maximum absolute atomic E-state index is 6.14. The lowest BCUT2D eigenvalue weighted by molar-refractivity contribution is 0.354. The Bertz CT molecular complexity index is 966. The Balaban J connectivity index is 1.98. The van der Waals surface area contributed by atoms with Crippen molar-refractivity contribution < 1.29 is 9.47 Å². The molecule has 25 heavy (non-hydrogen) atoms. The number of hydrogen-bond donors (Lipinski definition) is 0. The van der Waals surface area contributed by atoms with Crippen LogP contribution >= 0.6 is 11.6 Å². The van der Waals surface area contributed by atoms with Gasteiger partial charge in [0, 0.05) is 30.1 Å². The quantitative estimate of drug-likeness (QED) is 0.708. The second-order valence-electron chi connectivity index (χ2n) is 6.01. The van der Waals surface area contributed by atoms with Gasteiger partial charge in [-0.05, 0) is 37.1 Å². The molecule has 1 aromatic carbocycles. The molecule has 0 bridgehead atoms. The number of fused-ring (bicyclic) bond motifs is 3. The molecular formula is C19H18ClN3O2. The van der Waals surface area contributed by atoms with Crippen LogP contribution in [0.3, 0.4) is 0 Å². The van der Waals surface area contributed by atoms with Crippen LogP contribution in [0.4, 0.5) is 0 Å². The van der Waals surface area contributed by atoms with Gasteiger partial charge in [-0.3, -0.25) is 4.98 Å². The number of rotatable bonds is 3. The molecule has 1 aliphatic heterocycles. The Morgan fingerprint density at radius 3 is 2.56 bits per heavy atom. The van der Waals surface area contributed by atoms with E-state index in [2.05, 4.69) is 15.6 Å². The molecular weight excluding hydrogens is 338 g/mol. The van der Waals surface area contributed by atoms with E-state index in [1.54, 1.807) is 26.6 Å². The molecule has 0 amide bonds. The summed E-state index contributed by atoms with van der Waals surface area (Å²) >= 11 is 6.14. The molecule has 4 rings (SSSR count). The first kappa shape index (κ1) is 16.0. The number of benzene rings is 1. The second kappa shape index (κ2) is 6.08. The van der Waals surface area contributed by atoms with Gasteiger partial charge in [0.15, 0.2) is 11.5 Å². The first-order chi connectivity index (χ1) is 12.1. The fourth-order valence-electron chi connectivity index (χ4n) is 3.43. The van der Waals surface area contributed by atoms with Crippen LogP contribution in [0.25, 0.3) is 22.5 Å². The number of ether oxygens (including phenoxy) is 2. The van der Waals surface area contributed by atoms with E-state index in [1.165, 1.54) is 5.56 Å². The van der Waals surface area contributed by atoms with Gasteiger partial charge in [-0.15, -0.1) is 0 Å². The van der Waals surface area contributed by atoms with E-state index in [0.29, 0.717) is 10.8 Å². The van der Waals surface area contributed by atoms with Crippen molar-refractivity contribution in [2.75, 3.05) is 14.2 Å². The molecule has 0 N–H and O–H groups in total. The van der Waals surface area contributed by atoms with Gasteiger partial charge in [0.05, 0.1) is 30.6 Å². The highest BCUT2D eigenvalue weighted by Gasteiger charge is 2.26. The predicted octanol–water partition coefficient (Wildman–Crippen LogP) is 4.15. The molecule has 0 unspecified atom stereocenters. The monoisotopic (exact) mass is 355 g/mol. The Labute approximate surface area is 151 Å². The molecule has 128 valence electrons. The first-order valence-corrected chi connectivity index (χ1v) is 8.43. The number of halogens is 1. The molecule has 0 saturated heterocycles. The third-order valence-corrected chi connectivity index (χ3v) is 4.81. The summed E-state index contributed by atoms with van der Waals surface area (Å²) < 4.78 is 13.2. The van der Waals surface area contributed by atoms with E-state index >= 15 is 0 Å². The highest BCUT2D eigenvalue weighted by atomic mass is 35.5. The molecule has 0 radical (unpaired) electrons. The van der Waals surface area contributed by atoms with Crippen LogP contribution in [0, 0.1) is 6.92 Å². The van der Waals surface area contributed by atoms with Crippen molar-refractivity contribution in [3.63, 3.8) is 0 Å². The van der Waals surface area contributed by atoms with Crippen molar-refractivity contribution in [2.24, 2.45) is 0 Å². The molecule has 3 heterocycles. The van der Waals surface area contributed by atoms with E-state index in [-0.39, 0.29) is 0 Å². The van der Waals surface area contributed by atoms with Crippen LogP contribution in [0.1, 0.15) is 11.4 Å². The first-order valence-electron chi connectivity index (χ1n) is 8.05. The third-order valence-electron chi connectivity index (χ3n) is 4.61. The summed E-state index contributed by atoms with van der Waals surface area (Å²) in [6.07, 6.45) is 4.35. The van der Waals surface area contributed by atoms with Crippen LogP contribution in [0.2, 0.25) is 5.02 Å². The maximum Gasteiger partial charge on any atom is 0.161 e. The number of aryl methyl sites for hydroxylation is 2. The highest BCUT2D eigenvalue weighted by Crippen LogP contribution is 2.42. The highest BCUT2D eigenvalue weighted by molar-refractivity contribution is 6.30. The summed E-state index contributed by atoms with van der Waals surface area (Å²) in [5, 5.41) is 0.597. The van der Waals surface area contributed by atoms with Crippen molar-refractivity contribution in [1.82, 2.24) is 14.5 Å². The zero-order valence-corrected chi connectivity index (χ0v) is 15.1. The van der Waals surface area contributed by atoms with Crippen molar-refractivity contribution in [1.29, 1.82) is 0 Å². The van der Waals surface area contributed by atoms with Crippen LogP contribution in [-0.2, 0) is 13.0 Å². The summed E-state index contributed by atoms with van der Waals surface area (Å²) in [7, 11) is 3.31. The lowest BCUT2D eigenvalue weighted by Gasteiger charge is -2.22. The predicted molar refractivity (Wildman–Crippen MR) is 97.4 cm³/mol. The minimum Gasteiger partial charge on any atom is -0.493 e. The van der Waals surface area contributed by atoms with E-state index in [1.807, 2.05) is 19.1 Å². The summed E-state index contributed by atoms with van der Waals surface area (Å²) in [6, 6.07) is 5.98. The zero-order chi connectivity index (χ0) is 17.6. The lowest BCUT2D eigenvalue weighted by Crippen LogP contribution is -2.12. The van der Waals surface area contributed by atoms with Gasteiger partial charge < -0.3 is 14.0 Å². The average molecular weight is 356 g/mol. The van der Waals surface area contributed by atoms with Gasteiger partial charge in [0.1, 0.15) is 5.82 Å². The van der Waals surface area contributed by atoms with Gasteiger partial charge in [-0.2, -0.15) is 0 Å². The van der Waals surface area contributed by atoms with Crippen LogP contribution in [0.15, 0.2) is 30.6 Å². The Morgan fingerprint density at radius 2 is 1.84 bits per heavy atom. The Kier molecular flexibility index (Phi) is 3.88. The van der Waals surface area contributed by atoms with Crippen LogP contribution in [-0.4, -0.2) is 28.8 Å². The van der Waals surface area contributed by atoms with Crippen molar-refractivity contribution >= 4 is 11.6 Å². The van der Waals surface area contributed by atoms with Gasteiger partial charge in [0.25, 0.3) is 0 Å². The van der Waals surface area contributed by atoms with Gasteiger partial charge in [-0.25, -0.2) is 4.98 Å². The smallest absolute Gasteiger partial charge is 0.161 e. The number of hydrogen-bond acceptors (Lipinski definition) is 4. The molecule has 0 saturated carbocycles. The van der Waals surface area contributed by atoms with Gasteiger partial charge >= 0.3 is 0 Å². The molecule has 0 aliphatic carbocycles. The summed E-state index contributed by atoms with van der Waals surface area (Å²) in [6.45, 7) is 2.90. The topological polar surface area (TPSA) is 49.2 Å². The largest absolute Gasteiger partial charge is 0.493 e. The minimum absolute atomic E-state index is 0.597. The number of nitrogens with zero attached hydrogens (tertiary/aromatic N) is 3. The summed E-state index contributed by atoms with van der Waals surface area (Å²) in [5.41, 5.74) is 5.21. The number of imidazole rings is 1. The van der Waals surface area contributed by atoms with Crippen LogP contribution in [0.5, 0.6) is 11.5 Å². The van der Waals surface area contributed by atoms with E-state index in [4.69, 9.17) is 26.1 Å². The fourth-order valence-corrected chi connectivity index (χ4v) is 3.61. The molecule has 0 fully saturated rings. The van der Waals surface area contributed by atoms with Crippen molar-refractivity contribution in [2.45, 2.75) is 19.9 Å². The number of methoxy groups -OCH3 is 2. The van der Waals surface area contributed by atoms with E-state index in [9.17, 15) is 0 Å². The fraction of sp³-hybridized carbons (Fsp3) is 0.263. The maximum atomic E-state index is 6.14. The van der Waals surface area contributed by atoms with Gasteiger partial charge in [-0.1, -0.05) is 11.6 Å². The van der Waals surface area contributed by atoms with Crippen molar-refractivity contribution in [3.05, 3.63) is 47.0 Å². The molecule has 0 atom stereocenters. The van der Waals surface area contributed by atoms with E-state index in [0.717, 1.165) is 47.1 Å². The number of pyridine rings is 1. The van der Waals surface area contributed by atoms with Crippen molar-refractivity contribution in [3.8, 4) is 34.0 Å². The molecule has 1 aliphatic rings. The normalized spacial score (nSPS) is 12.5. The van der Waals surface area contributed by atoms with E-state index < -0.39 is 0 Å². The molecule has 3 aromatic rings. The molecule has 2 aromatic heterocycles. The minimum atomic E-state index is 0.597. The Hall–Kier alpha value is -2.53. The lowest BCUT2D eigenvalue weighted by atomic mass is 9.95.